The van der Waals surface area contributed by atoms with Crippen LogP contribution in [-0.4, -0.2) is 31.6 Å². The van der Waals surface area contributed by atoms with Crippen molar-refractivity contribution in [3.8, 4) is 6.07 Å². The molecule has 3 amide bonds. The molecule has 0 aliphatic heterocycles. The summed E-state index contributed by atoms with van der Waals surface area (Å²) in [7, 11) is 0. The van der Waals surface area contributed by atoms with Gasteiger partial charge >= 0.3 is 6.03 Å². The average molecular weight is 356 g/mol. The fourth-order valence-electron chi connectivity index (χ4n) is 3.25. The summed E-state index contributed by atoms with van der Waals surface area (Å²) in [6.45, 7) is 4.11. The molecule has 2 rings (SSSR count). The topological polar surface area (TPSA) is 94.0 Å². The summed E-state index contributed by atoms with van der Waals surface area (Å²) in [4.78, 5) is 23.8. The number of nitrogens with zero attached hydrogens (tertiary/aromatic N) is 1. The van der Waals surface area contributed by atoms with Crippen LogP contribution < -0.4 is 16.0 Å². The maximum atomic E-state index is 12.2. The molecular weight excluding hydrogens is 328 g/mol. The molecule has 1 fully saturated rings. The van der Waals surface area contributed by atoms with Crippen LogP contribution in [0.1, 0.15) is 54.9 Å². The van der Waals surface area contributed by atoms with E-state index in [0.717, 1.165) is 38.6 Å². The highest BCUT2D eigenvalue weighted by molar-refractivity contribution is 5.94. The molecule has 0 saturated heterocycles. The number of hydrogen-bond acceptors (Lipinski definition) is 3. The van der Waals surface area contributed by atoms with Gasteiger partial charge in [0, 0.05) is 25.2 Å². The molecule has 0 unspecified atom stereocenters. The summed E-state index contributed by atoms with van der Waals surface area (Å²) >= 11 is 0. The number of carbonyl (C=O) groups excluding carboxylic acids is 2. The van der Waals surface area contributed by atoms with Crippen molar-refractivity contribution >= 4 is 11.9 Å². The highest BCUT2D eigenvalue weighted by Crippen LogP contribution is 2.28. The lowest BCUT2D eigenvalue weighted by atomic mass is 9.82. The minimum Gasteiger partial charge on any atom is -0.352 e. The van der Waals surface area contributed by atoms with Gasteiger partial charge in [0.2, 0.25) is 0 Å². The first-order chi connectivity index (χ1) is 12.6. The second-order valence-corrected chi connectivity index (χ2v) is 6.93. The molecule has 1 aliphatic rings. The van der Waals surface area contributed by atoms with Crippen LogP contribution in [0.25, 0.3) is 0 Å². The summed E-state index contributed by atoms with van der Waals surface area (Å²) in [5.41, 5.74) is 1.02. The summed E-state index contributed by atoms with van der Waals surface area (Å²) in [6.07, 6.45) is 5.19. The molecule has 0 heterocycles. The van der Waals surface area contributed by atoms with Crippen LogP contribution in [0, 0.1) is 23.2 Å². The summed E-state index contributed by atoms with van der Waals surface area (Å²) in [5, 5.41) is 17.6. The van der Waals surface area contributed by atoms with E-state index in [9.17, 15) is 9.59 Å². The first-order valence-electron chi connectivity index (χ1n) is 9.42. The second-order valence-electron chi connectivity index (χ2n) is 6.93. The van der Waals surface area contributed by atoms with E-state index in [1.54, 1.807) is 24.3 Å². The molecule has 26 heavy (non-hydrogen) atoms. The van der Waals surface area contributed by atoms with Crippen molar-refractivity contribution in [2.24, 2.45) is 11.8 Å². The molecule has 1 aromatic carbocycles. The van der Waals surface area contributed by atoms with Crippen molar-refractivity contribution in [2.45, 2.75) is 39.0 Å². The number of rotatable bonds is 7. The van der Waals surface area contributed by atoms with Crippen LogP contribution in [0.5, 0.6) is 0 Å². The van der Waals surface area contributed by atoms with Crippen LogP contribution in [-0.2, 0) is 0 Å². The Bertz CT molecular complexity index is 645. The Labute approximate surface area is 155 Å². The lowest BCUT2D eigenvalue weighted by Crippen LogP contribution is -2.39. The third-order valence-corrected chi connectivity index (χ3v) is 4.86. The Balaban J connectivity index is 1.66. The van der Waals surface area contributed by atoms with Crippen molar-refractivity contribution < 1.29 is 9.59 Å². The van der Waals surface area contributed by atoms with E-state index < -0.39 is 0 Å². The SMILES string of the molecule is CCCNC(=O)NCC1CCC(CNC(=O)c2cccc(C#N)c2)CC1. The monoisotopic (exact) mass is 356 g/mol. The molecule has 0 aromatic heterocycles. The van der Waals surface area contributed by atoms with Crippen molar-refractivity contribution in [3.05, 3.63) is 35.4 Å². The number of carbonyl (C=O) groups is 2. The predicted molar refractivity (Wildman–Crippen MR) is 101 cm³/mol. The minimum absolute atomic E-state index is 0.0826. The van der Waals surface area contributed by atoms with Crippen molar-refractivity contribution in [1.82, 2.24) is 16.0 Å². The smallest absolute Gasteiger partial charge is 0.314 e. The number of hydrogen-bond donors (Lipinski definition) is 3. The fraction of sp³-hybridized carbons (Fsp3) is 0.550. The highest BCUT2D eigenvalue weighted by atomic mass is 16.2. The molecule has 6 nitrogen and oxygen atoms in total. The Morgan fingerprint density at radius 1 is 1.08 bits per heavy atom. The van der Waals surface area contributed by atoms with Crippen LogP contribution in [0.2, 0.25) is 0 Å². The van der Waals surface area contributed by atoms with Gasteiger partial charge in [0.15, 0.2) is 0 Å². The van der Waals surface area contributed by atoms with E-state index in [4.69, 9.17) is 5.26 Å². The third-order valence-electron chi connectivity index (χ3n) is 4.86. The van der Waals surface area contributed by atoms with Crippen LogP contribution >= 0.6 is 0 Å². The van der Waals surface area contributed by atoms with Gasteiger partial charge in [-0.3, -0.25) is 4.79 Å². The Kier molecular flexibility index (Phi) is 7.94. The zero-order chi connectivity index (χ0) is 18.8. The van der Waals surface area contributed by atoms with Gasteiger partial charge in [0.1, 0.15) is 0 Å². The van der Waals surface area contributed by atoms with E-state index in [-0.39, 0.29) is 11.9 Å². The average Bonchev–Trinajstić information content (AvgIpc) is 2.69. The van der Waals surface area contributed by atoms with E-state index in [1.807, 2.05) is 13.0 Å². The van der Waals surface area contributed by atoms with Crippen molar-refractivity contribution in [3.63, 3.8) is 0 Å². The molecule has 0 spiro atoms. The van der Waals surface area contributed by atoms with Crippen LogP contribution in [0.15, 0.2) is 24.3 Å². The number of nitrogens with one attached hydrogen (secondary N) is 3. The van der Waals surface area contributed by atoms with E-state index in [0.29, 0.717) is 36.1 Å². The standard InChI is InChI=1S/C20H28N4O2/c1-2-10-22-20(26)24-14-16-8-6-15(7-9-16)13-23-19(25)18-5-3-4-17(11-18)12-21/h3-5,11,15-16H,2,6-10,13-14H2,1H3,(H,23,25)(H2,22,24,26). The first kappa shape index (κ1) is 19.8. The summed E-state index contributed by atoms with van der Waals surface area (Å²) < 4.78 is 0. The zero-order valence-corrected chi connectivity index (χ0v) is 15.4. The second kappa shape index (κ2) is 10.4. The Morgan fingerprint density at radius 2 is 1.73 bits per heavy atom. The van der Waals surface area contributed by atoms with Gasteiger partial charge in [0.05, 0.1) is 11.6 Å². The summed E-state index contributed by atoms with van der Waals surface area (Å²) in [5.74, 6) is 0.864. The highest BCUT2D eigenvalue weighted by Gasteiger charge is 2.22. The fourth-order valence-corrected chi connectivity index (χ4v) is 3.25. The molecule has 0 radical (unpaired) electrons. The van der Waals surface area contributed by atoms with Gasteiger partial charge in [-0.05, 0) is 62.1 Å². The molecule has 140 valence electrons. The third kappa shape index (κ3) is 6.40. The van der Waals surface area contributed by atoms with Crippen molar-refractivity contribution in [1.29, 1.82) is 5.26 Å². The van der Waals surface area contributed by atoms with E-state index in [2.05, 4.69) is 16.0 Å². The lowest BCUT2D eigenvalue weighted by Gasteiger charge is -2.28. The molecule has 0 atom stereocenters. The maximum Gasteiger partial charge on any atom is 0.314 e. The molecular formula is C20H28N4O2. The van der Waals surface area contributed by atoms with Gasteiger partial charge in [-0.15, -0.1) is 0 Å². The minimum atomic E-state index is -0.126. The predicted octanol–water partition coefficient (Wildman–Crippen LogP) is 2.80. The number of urea groups is 1. The molecule has 6 heteroatoms. The number of nitriles is 1. The molecule has 1 saturated carbocycles. The van der Waals surface area contributed by atoms with Gasteiger partial charge in [-0.1, -0.05) is 13.0 Å². The van der Waals surface area contributed by atoms with E-state index in [1.165, 1.54) is 0 Å². The lowest BCUT2D eigenvalue weighted by molar-refractivity contribution is 0.0941. The Morgan fingerprint density at radius 3 is 2.35 bits per heavy atom. The van der Waals surface area contributed by atoms with Gasteiger partial charge in [-0.25, -0.2) is 4.79 Å². The largest absolute Gasteiger partial charge is 0.352 e. The molecule has 0 bridgehead atoms. The van der Waals surface area contributed by atoms with Gasteiger partial charge in [0.25, 0.3) is 5.91 Å². The molecule has 1 aliphatic carbocycles. The number of benzene rings is 1. The first-order valence-corrected chi connectivity index (χ1v) is 9.42. The Hall–Kier alpha value is -2.55. The zero-order valence-electron chi connectivity index (χ0n) is 15.4. The maximum absolute atomic E-state index is 12.2. The van der Waals surface area contributed by atoms with Gasteiger partial charge in [-0.2, -0.15) is 5.26 Å². The molecule has 3 N–H and O–H groups in total. The van der Waals surface area contributed by atoms with Crippen molar-refractivity contribution in [2.75, 3.05) is 19.6 Å². The molecule has 1 aromatic rings. The van der Waals surface area contributed by atoms with Crippen LogP contribution in [0.4, 0.5) is 4.79 Å². The van der Waals surface area contributed by atoms with Crippen LogP contribution in [0.3, 0.4) is 0 Å². The quantitative estimate of drug-likeness (QED) is 0.701. The normalized spacial score (nSPS) is 19.2. The van der Waals surface area contributed by atoms with E-state index >= 15 is 0 Å². The number of amides is 3. The summed E-state index contributed by atoms with van der Waals surface area (Å²) in [6, 6.07) is 8.72. The van der Waals surface area contributed by atoms with Gasteiger partial charge < -0.3 is 16.0 Å².